The fourth-order valence-corrected chi connectivity index (χ4v) is 2.77. The monoisotopic (exact) mass is 272 g/mol. The molecule has 2 aliphatic heterocycles. The Bertz CT molecular complexity index is 568. The number of carbonyl (C=O) groups excluding carboxylic acids is 2. The van der Waals surface area contributed by atoms with Gasteiger partial charge in [-0.2, -0.15) is 5.06 Å². The summed E-state index contributed by atoms with van der Waals surface area (Å²) in [6, 6.07) is 9.08. The third-order valence-electron chi connectivity index (χ3n) is 3.72. The molecule has 0 unspecified atom stereocenters. The van der Waals surface area contributed by atoms with E-state index in [2.05, 4.69) is 0 Å². The maximum Gasteiger partial charge on any atom is 0.273 e. The Hall–Kier alpha value is -2.14. The van der Waals surface area contributed by atoms with Gasteiger partial charge in [-0.15, -0.1) is 0 Å². The summed E-state index contributed by atoms with van der Waals surface area (Å²) in [5.41, 5.74) is 1.14. The Kier molecular flexibility index (Phi) is 3.28. The van der Waals surface area contributed by atoms with Crippen molar-refractivity contribution in [3.63, 3.8) is 0 Å². The second-order valence-electron chi connectivity index (χ2n) is 4.91. The zero-order valence-corrected chi connectivity index (χ0v) is 11.3. The van der Waals surface area contributed by atoms with Gasteiger partial charge in [-0.1, -0.05) is 30.3 Å². The number of piperazine rings is 1. The van der Waals surface area contributed by atoms with E-state index in [1.807, 2.05) is 30.3 Å². The van der Waals surface area contributed by atoms with E-state index in [-0.39, 0.29) is 23.6 Å². The first kappa shape index (κ1) is 12.9. The quantitative estimate of drug-likeness (QED) is 0.765. The molecule has 0 saturated carbocycles. The number of nitrogens with zero attached hydrogens (tertiary/aromatic N) is 2. The lowest BCUT2D eigenvalue weighted by Crippen LogP contribution is -2.55. The maximum atomic E-state index is 12.5. The van der Waals surface area contributed by atoms with Crippen molar-refractivity contribution in [2.24, 2.45) is 0 Å². The summed E-state index contributed by atoms with van der Waals surface area (Å²) in [7, 11) is 1.41. The lowest BCUT2D eigenvalue weighted by molar-refractivity contribution is -0.182. The highest BCUT2D eigenvalue weighted by molar-refractivity contribution is 6.07. The minimum absolute atomic E-state index is 0.141. The third-order valence-corrected chi connectivity index (χ3v) is 3.72. The molecule has 1 aromatic carbocycles. The molecule has 2 saturated heterocycles. The number of rotatable bonds is 2. The van der Waals surface area contributed by atoms with Crippen molar-refractivity contribution in [2.75, 3.05) is 13.7 Å². The van der Waals surface area contributed by atoms with Crippen molar-refractivity contribution < 1.29 is 14.4 Å². The summed E-state index contributed by atoms with van der Waals surface area (Å²) in [5, 5.41) is 1.13. The molecule has 2 fully saturated rings. The third kappa shape index (κ3) is 2.00. The first-order valence-electron chi connectivity index (χ1n) is 6.68. The maximum absolute atomic E-state index is 12.5. The van der Waals surface area contributed by atoms with Gasteiger partial charge in [-0.3, -0.25) is 14.4 Å². The fraction of sp³-hybridized carbons (Fsp3) is 0.333. The molecule has 20 heavy (non-hydrogen) atoms. The van der Waals surface area contributed by atoms with Crippen LogP contribution in [0.2, 0.25) is 0 Å². The molecule has 0 bridgehead atoms. The molecule has 1 aromatic rings. The Labute approximate surface area is 117 Å². The number of hydrogen-bond acceptors (Lipinski definition) is 3. The molecule has 2 heterocycles. The van der Waals surface area contributed by atoms with Crippen molar-refractivity contribution in [1.29, 1.82) is 0 Å². The molecule has 0 aliphatic carbocycles. The Balaban J connectivity index is 2.01. The van der Waals surface area contributed by atoms with E-state index in [0.717, 1.165) is 17.0 Å². The average molecular weight is 272 g/mol. The van der Waals surface area contributed by atoms with Crippen LogP contribution in [0.25, 0.3) is 6.08 Å². The van der Waals surface area contributed by atoms with Crippen molar-refractivity contribution in [1.82, 2.24) is 9.96 Å². The lowest BCUT2D eigenvalue weighted by Gasteiger charge is -2.36. The van der Waals surface area contributed by atoms with Gasteiger partial charge in [0, 0.05) is 6.54 Å². The molecule has 2 aliphatic rings. The van der Waals surface area contributed by atoms with E-state index in [0.29, 0.717) is 13.0 Å². The van der Waals surface area contributed by atoms with Gasteiger partial charge in [0.2, 0.25) is 0 Å². The van der Waals surface area contributed by atoms with Crippen LogP contribution in [0.5, 0.6) is 0 Å². The van der Waals surface area contributed by atoms with Crippen LogP contribution >= 0.6 is 0 Å². The Morgan fingerprint density at radius 3 is 2.70 bits per heavy atom. The zero-order chi connectivity index (χ0) is 14.1. The normalized spacial score (nSPS) is 24.4. The van der Waals surface area contributed by atoms with Crippen molar-refractivity contribution in [2.45, 2.75) is 18.9 Å². The van der Waals surface area contributed by atoms with E-state index in [9.17, 15) is 9.59 Å². The van der Waals surface area contributed by atoms with Gasteiger partial charge in [0.05, 0.1) is 7.11 Å². The van der Waals surface area contributed by atoms with Crippen LogP contribution in [0.15, 0.2) is 36.0 Å². The topological polar surface area (TPSA) is 49.9 Å². The van der Waals surface area contributed by atoms with Crippen molar-refractivity contribution in [3.8, 4) is 0 Å². The SMILES string of the molecule is CON1C(=O)[C@@H]2CCCN2C(=O)/C1=C\c1ccccc1. The predicted molar refractivity (Wildman–Crippen MR) is 73.0 cm³/mol. The van der Waals surface area contributed by atoms with Crippen molar-refractivity contribution in [3.05, 3.63) is 41.6 Å². The second-order valence-corrected chi connectivity index (χ2v) is 4.91. The Morgan fingerprint density at radius 1 is 1.25 bits per heavy atom. The molecular formula is C15H16N2O3. The summed E-state index contributed by atoms with van der Waals surface area (Å²) in [6.45, 7) is 0.638. The first-order chi connectivity index (χ1) is 9.72. The largest absolute Gasteiger partial charge is 0.325 e. The van der Waals surface area contributed by atoms with Gasteiger partial charge in [0.15, 0.2) is 0 Å². The molecular weight excluding hydrogens is 256 g/mol. The van der Waals surface area contributed by atoms with E-state index < -0.39 is 0 Å². The molecule has 2 amide bonds. The highest BCUT2D eigenvalue weighted by Gasteiger charge is 2.45. The van der Waals surface area contributed by atoms with Crippen LogP contribution in [0, 0.1) is 0 Å². The van der Waals surface area contributed by atoms with Gasteiger partial charge in [0.25, 0.3) is 11.8 Å². The van der Waals surface area contributed by atoms with Crippen LogP contribution < -0.4 is 0 Å². The summed E-state index contributed by atoms with van der Waals surface area (Å²) in [6.07, 6.45) is 3.26. The molecule has 0 aromatic heterocycles. The van der Waals surface area contributed by atoms with Crippen LogP contribution in [0.3, 0.4) is 0 Å². The van der Waals surface area contributed by atoms with Gasteiger partial charge < -0.3 is 4.90 Å². The summed E-state index contributed by atoms with van der Waals surface area (Å²) in [4.78, 5) is 31.6. The second kappa shape index (κ2) is 5.09. The minimum atomic E-state index is -0.365. The van der Waals surface area contributed by atoms with Crippen LogP contribution in [0.4, 0.5) is 0 Å². The molecule has 0 N–H and O–H groups in total. The van der Waals surface area contributed by atoms with E-state index in [4.69, 9.17) is 4.84 Å². The molecule has 104 valence electrons. The van der Waals surface area contributed by atoms with E-state index >= 15 is 0 Å². The van der Waals surface area contributed by atoms with Crippen LogP contribution in [-0.4, -0.2) is 41.5 Å². The fourth-order valence-electron chi connectivity index (χ4n) is 2.77. The van der Waals surface area contributed by atoms with E-state index in [1.165, 1.54) is 7.11 Å². The molecule has 5 nitrogen and oxygen atoms in total. The summed E-state index contributed by atoms with van der Waals surface area (Å²) >= 11 is 0. The minimum Gasteiger partial charge on any atom is -0.325 e. The number of hydroxylamine groups is 2. The summed E-state index contributed by atoms with van der Waals surface area (Å²) in [5.74, 6) is -0.301. The zero-order valence-electron chi connectivity index (χ0n) is 11.3. The van der Waals surface area contributed by atoms with Gasteiger partial charge in [0.1, 0.15) is 11.7 Å². The molecule has 0 radical (unpaired) electrons. The highest BCUT2D eigenvalue weighted by Crippen LogP contribution is 2.29. The smallest absolute Gasteiger partial charge is 0.273 e. The molecule has 3 rings (SSSR count). The van der Waals surface area contributed by atoms with Gasteiger partial charge in [-0.25, -0.2) is 0 Å². The van der Waals surface area contributed by atoms with Gasteiger partial charge in [-0.05, 0) is 24.5 Å². The van der Waals surface area contributed by atoms with E-state index in [1.54, 1.807) is 11.0 Å². The number of fused-ring (bicyclic) bond motifs is 1. The van der Waals surface area contributed by atoms with Gasteiger partial charge >= 0.3 is 0 Å². The molecule has 1 atom stereocenters. The number of amides is 2. The number of hydrogen-bond donors (Lipinski definition) is 0. The lowest BCUT2D eigenvalue weighted by atomic mass is 10.1. The highest BCUT2D eigenvalue weighted by atomic mass is 16.7. The Morgan fingerprint density at radius 2 is 2.00 bits per heavy atom. The average Bonchev–Trinajstić information content (AvgIpc) is 2.96. The van der Waals surface area contributed by atoms with Crippen LogP contribution in [0.1, 0.15) is 18.4 Å². The predicted octanol–water partition coefficient (Wildman–Crippen LogP) is 1.42. The molecule has 5 heteroatoms. The molecule has 0 spiro atoms. The number of carbonyl (C=O) groups is 2. The summed E-state index contributed by atoms with van der Waals surface area (Å²) < 4.78 is 0. The van der Waals surface area contributed by atoms with Crippen molar-refractivity contribution >= 4 is 17.9 Å². The van der Waals surface area contributed by atoms with Crippen LogP contribution in [-0.2, 0) is 14.4 Å². The standard InChI is InChI=1S/C15H16N2O3/c1-20-17-13(10-11-6-3-2-4-7-11)14(18)16-9-5-8-12(16)15(17)19/h2-4,6-7,10,12H,5,8-9H2,1H3/b13-10+/t12-/m0/s1. The first-order valence-corrected chi connectivity index (χ1v) is 6.68. The number of benzene rings is 1.